The van der Waals surface area contributed by atoms with Gasteiger partial charge in [-0.2, -0.15) is 0 Å². The molecule has 0 radical (unpaired) electrons. The fraction of sp³-hybridized carbons (Fsp3) is 0.714. The van der Waals surface area contributed by atoms with Crippen LogP contribution in [0.25, 0.3) is 0 Å². The molecule has 2 rings (SSSR count). The Hall–Kier alpha value is -1.10. The first-order valence-corrected chi connectivity index (χ1v) is 8.03. The van der Waals surface area contributed by atoms with Crippen molar-refractivity contribution in [3.8, 4) is 0 Å². The maximum atomic E-state index is 4.61. The first kappa shape index (κ1) is 14.3. The Balaban J connectivity index is 1.69. The Kier molecular flexibility index (Phi) is 5.63. The van der Waals surface area contributed by atoms with Crippen molar-refractivity contribution >= 4 is 17.3 Å². The van der Waals surface area contributed by atoms with E-state index in [4.69, 9.17) is 0 Å². The van der Waals surface area contributed by atoms with E-state index in [1.807, 2.05) is 6.20 Å². The molecular weight excluding hydrogens is 256 g/mol. The summed E-state index contributed by atoms with van der Waals surface area (Å²) < 4.78 is 0. The van der Waals surface area contributed by atoms with Gasteiger partial charge in [-0.25, -0.2) is 4.98 Å². The predicted octanol–water partition coefficient (Wildman–Crippen LogP) is 2.35. The minimum absolute atomic E-state index is 0.891. The van der Waals surface area contributed by atoms with Crippen molar-refractivity contribution in [1.29, 1.82) is 0 Å². The molecule has 4 nitrogen and oxygen atoms in total. The summed E-state index contributed by atoms with van der Waals surface area (Å²) in [6, 6.07) is 0. The summed E-state index contributed by atoms with van der Waals surface area (Å²) in [7, 11) is 0. The van der Waals surface area contributed by atoms with Crippen molar-refractivity contribution in [3.05, 3.63) is 16.1 Å². The number of nitrogens with one attached hydrogen (secondary N) is 2. The molecule has 19 heavy (non-hydrogen) atoms. The Bertz CT molecular complexity index is 409. The van der Waals surface area contributed by atoms with Crippen molar-refractivity contribution in [2.75, 3.05) is 19.6 Å². The maximum Gasteiger partial charge on any atom is 0.191 e. The smallest absolute Gasteiger partial charge is 0.191 e. The molecule has 1 aliphatic rings. The third-order valence-corrected chi connectivity index (χ3v) is 4.12. The van der Waals surface area contributed by atoms with Gasteiger partial charge in [-0.3, -0.25) is 4.99 Å². The Labute approximate surface area is 119 Å². The van der Waals surface area contributed by atoms with Crippen molar-refractivity contribution in [2.45, 2.75) is 39.5 Å². The van der Waals surface area contributed by atoms with Crippen LogP contribution < -0.4 is 10.6 Å². The number of guanidine groups is 1. The molecule has 0 aromatic carbocycles. The van der Waals surface area contributed by atoms with E-state index in [0.29, 0.717) is 0 Å². The molecule has 1 aromatic rings. The van der Waals surface area contributed by atoms with Gasteiger partial charge in [0.1, 0.15) is 0 Å². The van der Waals surface area contributed by atoms with Crippen LogP contribution in [0.2, 0.25) is 0 Å². The normalized spacial score (nSPS) is 15.6. The Morgan fingerprint density at radius 1 is 1.47 bits per heavy atom. The number of hydrogen-bond acceptors (Lipinski definition) is 3. The zero-order valence-corrected chi connectivity index (χ0v) is 12.7. The zero-order valence-electron chi connectivity index (χ0n) is 11.9. The van der Waals surface area contributed by atoms with E-state index in [0.717, 1.165) is 37.9 Å². The summed E-state index contributed by atoms with van der Waals surface area (Å²) in [4.78, 5) is 10.3. The lowest BCUT2D eigenvalue weighted by Gasteiger charge is -2.10. The van der Waals surface area contributed by atoms with Crippen molar-refractivity contribution < 1.29 is 0 Å². The summed E-state index contributed by atoms with van der Waals surface area (Å²) in [5.41, 5.74) is 0. The molecule has 0 bridgehead atoms. The minimum Gasteiger partial charge on any atom is -0.357 e. The lowest BCUT2D eigenvalue weighted by molar-refractivity contribution is 0.724. The van der Waals surface area contributed by atoms with Crippen LogP contribution in [-0.2, 0) is 6.42 Å². The van der Waals surface area contributed by atoms with Crippen LogP contribution in [0.15, 0.2) is 11.2 Å². The molecule has 0 saturated heterocycles. The van der Waals surface area contributed by atoms with Gasteiger partial charge in [0.25, 0.3) is 0 Å². The summed E-state index contributed by atoms with van der Waals surface area (Å²) in [6.45, 7) is 6.93. The minimum atomic E-state index is 0.891. The van der Waals surface area contributed by atoms with Gasteiger partial charge in [0.2, 0.25) is 0 Å². The van der Waals surface area contributed by atoms with Crippen LogP contribution in [0, 0.1) is 12.8 Å². The standard InChI is InChI=1S/C14H24N4S/c1-3-15-14(16-8-6-12-4-5-12)17-9-7-13-18-10-11(2)19-13/h10,12H,3-9H2,1-2H3,(H2,15,16,17). The highest BCUT2D eigenvalue weighted by atomic mass is 32.1. The third kappa shape index (κ3) is 5.59. The molecular formula is C14H24N4S. The van der Waals surface area contributed by atoms with Crippen molar-refractivity contribution in [2.24, 2.45) is 10.9 Å². The van der Waals surface area contributed by atoms with Gasteiger partial charge in [0.05, 0.1) is 5.01 Å². The summed E-state index contributed by atoms with van der Waals surface area (Å²) in [5.74, 6) is 1.89. The van der Waals surface area contributed by atoms with E-state index in [1.54, 1.807) is 11.3 Å². The van der Waals surface area contributed by atoms with E-state index < -0.39 is 0 Å². The molecule has 1 fully saturated rings. The summed E-state index contributed by atoms with van der Waals surface area (Å²) >= 11 is 1.77. The van der Waals surface area contributed by atoms with Crippen LogP contribution in [0.5, 0.6) is 0 Å². The number of aromatic nitrogens is 1. The van der Waals surface area contributed by atoms with Gasteiger partial charge in [-0.15, -0.1) is 11.3 Å². The lowest BCUT2D eigenvalue weighted by atomic mass is 10.3. The van der Waals surface area contributed by atoms with E-state index in [-0.39, 0.29) is 0 Å². The average Bonchev–Trinajstić information content (AvgIpc) is 3.12. The number of hydrogen-bond donors (Lipinski definition) is 2. The van der Waals surface area contributed by atoms with Gasteiger partial charge in [0.15, 0.2) is 5.96 Å². The Morgan fingerprint density at radius 2 is 2.32 bits per heavy atom. The molecule has 1 heterocycles. The van der Waals surface area contributed by atoms with Crippen molar-refractivity contribution in [1.82, 2.24) is 15.6 Å². The van der Waals surface area contributed by atoms with Gasteiger partial charge in [-0.1, -0.05) is 12.8 Å². The average molecular weight is 280 g/mol. The Morgan fingerprint density at radius 3 is 2.95 bits per heavy atom. The predicted molar refractivity (Wildman–Crippen MR) is 81.9 cm³/mol. The molecule has 106 valence electrons. The number of thiazole rings is 1. The van der Waals surface area contributed by atoms with Gasteiger partial charge in [-0.05, 0) is 26.2 Å². The molecule has 5 heteroatoms. The molecule has 1 aliphatic carbocycles. The molecule has 0 amide bonds. The first-order valence-electron chi connectivity index (χ1n) is 7.21. The van der Waals surface area contributed by atoms with Gasteiger partial charge in [0, 0.05) is 37.1 Å². The molecule has 1 aromatic heterocycles. The topological polar surface area (TPSA) is 49.3 Å². The quantitative estimate of drug-likeness (QED) is 0.595. The number of rotatable bonds is 7. The second kappa shape index (κ2) is 7.48. The van der Waals surface area contributed by atoms with E-state index in [1.165, 1.54) is 29.1 Å². The SMILES string of the molecule is CCNC(=NCCC1CC1)NCCc1ncc(C)s1. The zero-order chi connectivity index (χ0) is 13.5. The fourth-order valence-electron chi connectivity index (χ4n) is 1.91. The molecule has 0 spiro atoms. The molecule has 0 unspecified atom stereocenters. The van der Waals surface area contributed by atoms with Crippen molar-refractivity contribution in [3.63, 3.8) is 0 Å². The van der Waals surface area contributed by atoms with Crippen LogP contribution in [0.3, 0.4) is 0 Å². The van der Waals surface area contributed by atoms with E-state index in [2.05, 4.69) is 34.5 Å². The largest absolute Gasteiger partial charge is 0.357 e. The van der Waals surface area contributed by atoms with E-state index >= 15 is 0 Å². The van der Waals surface area contributed by atoms with Crippen LogP contribution >= 0.6 is 11.3 Å². The van der Waals surface area contributed by atoms with Crippen LogP contribution in [0.1, 0.15) is 36.1 Å². The second-order valence-electron chi connectivity index (χ2n) is 5.03. The van der Waals surface area contributed by atoms with E-state index in [9.17, 15) is 0 Å². The summed E-state index contributed by atoms with van der Waals surface area (Å²) in [6.07, 6.45) is 6.95. The molecule has 0 atom stereocenters. The number of nitrogens with zero attached hydrogens (tertiary/aromatic N) is 2. The number of aryl methyl sites for hydroxylation is 1. The molecule has 0 aliphatic heterocycles. The number of aliphatic imine (C=N–C) groups is 1. The van der Waals surface area contributed by atoms with Gasteiger partial charge >= 0.3 is 0 Å². The summed E-state index contributed by atoms with van der Waals surface area (Å²) in [5, 5.41) is 7.86. The highest BCUT2D eigenvalue weighted by Crippen LogP contribution is 2.32. The van der Waals surface area contributed by atoms with Gasteiger partial charge < -0.3 is 10.6 Å². The molecule has 1 saturated carbocycles. The highest BCUT2D eigenvalue weighted by Gasteiger charge is 2.20. The lowest BCUT2D eigenvalue weighted by Crippen LogP contribution is -2.38. The highest BCUT2D eigenvalue weighted by molar-refractivity contribution is 7.11. The maximum absolute atomic E-state index is 4.61. The fourth-order valence-corrected chi connectivity index (χ4v) is 2.70. The first-order chi connectivity index (χ1) is 9.28. The van der Waals surface area contributed by atoms with Crippen LogP contribution in [0.4, 0.5) is 0 Å². The second-order valence-corrected chi connectivity index (χ2v) is 6.35. The monoisotopic (exact) mass is 280 g/mol. The van der Waals surface area contributed by atoms with Crippen LogP contribution in [-0.4, -0.2) is 30.6 Å². The third-order valence-electron chi connectivity index (χ3n) is 3.15. The molecule has 2 N–H and O–H groups in total.